The molecule has 0 aromatic carbocycles. The van der Waals surface area contributed by atoms with Crippen LogP contribution in [0.25, 0.3) is 11.2 Å². The molecule has 0 radical (unpaired) electrons. The summed E-state index contributed by atoms with van der Waals surface area (Å²) in [5, 5.41) is 2.31. The number of hydrogen-bond donors (Lipinski definition) is 2. The zero-order valence-electron chi connectivity index (χ0n) is 11.1. The van der Waals surface area contributed by atoms with E-state index >= 15 is 0 Å². The van der Waals surface area contributed by atoms with Gasteiger partial charge in [0, 0.05) is 0 Å². The molecule has 1 amide bonds. The summed E-state index contributed by atoms with van der Waals surface area (Å²) >= 11 is 23.5. The molecule has 0 aliphatic rings. The van der Waals surface area contributed by atoms with Gasteiger partial charge in [-0.1, -0.05) is 34.8 Å². The van der Waals surface area contributed by atoms with E-state index in [1.807, 2.05) is 0 Å². The molecule has 2 aromatic rings. The third-order valence-corrected chi connectivity index (χ3v) is 3.33. The molecule has 0 bridgehead atoms. The third-order valence-electron chi connectivity index (χ3n) is 2.54. The van der Waals surface area contributed by atoms with Gasteiger partial charge in [-0.2, -0.15) is 9.97 Å². The predicted molar refractivity (Wildman–Crippen MR) is 84.2 cm³/mol. The number of nitrogen functional groups attached to an aromatic ring is 1. The number of nitrogens with zero attached hydrogens (tertiary/aromatic N) is 4. The lowest BCUT2D eigenvalue weighted by atomic mass is 10.4. The highest BCUT2D eigenvalue weighted by atomic mass is 35.6. The van der Waals surface area contributed by atoms with Gasteiger partial charge in [0.2, 0.25) is 9.08 Å². The number of fused-ring (bicyclic) bond motifs is 1. The fourth-order valence-electron chi connectivity index (χ4n) is 1.69. The van der Waals surface area contributed by atoms with Crippen molar-refractivity contribution in [3.63, 3.8) is 0 Å². The fourth-order valence-corrected chi connectivity index (χ4v) is 2.34. The van der Waals surface area contributed by atoms with Crippen molar-refractivity contribution in [1.29, 1.82) is 0 Å². The molecule has 2 heterocycles. The van der Waals surface area contributed by atoms with Crippen LogP contribution in [0, 0.1) is 0 Å². The molecule has 22 heavy (non-hydrogen) atoms. The molecule has 3 N–H and O–H groups in total. The topological polar surface area (TPSA) is 108 Å². The van der Waals surface area contributed by atoms with Crippen molar-refractivity contribution in [3.8, 4) is 0 Å². The lowest BCUT2D eigenvalue weighted by molar-refractivity contribution is 0.144. The van der Waals surface area contributed by atoms with Gasteiger partial charge >= 0.3 is 6.09 Å². The number of imidazole rings is 1. The Balaban J connectivity index is 2.50. The molecule has 2 aromatic heterocycles. The first-order valence-corrected chi connectivity index (χ1v) is 7.40. The zero-order valence-corrected chi connectivity index (χ0v) is 14.1. The molecule has 0 saturated carbocycles. The van der Waals surface area contributed by atoms with E-state index in [2.05, 4.69) is 20.3 Å². The molecule has 8 nitrogen and oxygen atoms in total. The average Bonchev–Trinajstić information content (AvgIpc) is 2.78. The van der Waals surface area contributed by atoms with E-state index in [-0.39, 0.29) is 28.9 Å². The summed E-state index contributed by atoms with van der Waals surface area (Å²) in [6.07, 6.45) is -0.620. The highest BCUT2D eigenvalue weighted by molar-refractivity contribution is 6.68. The third kappa shape index (κ3) is 3.57. The first-order chi connectivity index (χ1) is 10.2. The molecule has 0 spiro atoms. The molecular weight excluding hydrogens is 378 g/mol. The first kappa shape index (κ1) is 17.1. The van der Waals surface area contributed by atoms with Gasteiger partial charge in [-0.15, -0.1) is 0 Å². The van der Waals surface area contributed by atoms with Crippen molar-refractivity contribution in [3.05, 3.63) is 11.6 Å². The Morgan fingerprint density at radius 3 is 2.77 bits per heavy atom. The van der Waals surface area contributed by atoms with Gasteiger partial charge in [-0.05, 0) is 18.5 Å². The van der Waals surface area contributed by atoms with E-state index in [1.165, 1.54) is 10.9 Å². The number of aromatic nitrogens is 4. The lowest BCUT2D eigenvalue weighted by Gasteiger charge is -2.26. The number of rotatable bonds is 3. The summed E-state index contributed by atoms with van der Waals surface area (Å²) in [4.78, 5) is 23.4. The van der Waals surface area contributed by atoms with E-state index in [4.69, 9.17) is 56.9 Å². The van der Waals surface area contributed by atoms with Crippen molar-refractivity contribution in [2.75, 3.05) is 12.3 Å². The maximum absolute atomic E-state index is 11.6. The summed E-state index contributed by atoms with van der Waals surface area (Å²) in [5.41, 5.74) is 6.16. The number of halogens is 4. The second-order valence-electron chi connectivity index (χ2n) is 4.01. The van der Waals surface area contributed by atoms with Gasteiger partial charge < -0.3 is 10.5 Å². The summed E-state index contributed by atoms with van der Waals surface area (Å²) in [5.74, 6) is 0.0629. The summed E-state index contributed by atoms with van der Waals surface area (Å²) in [6, 6.07) is 0. The van der Waals surface area contributed by atoms with Crippen LogP contribution in [-0.4, -0.2) is 36.0 Å². The minimum atomic E-state index is -1.91. The maximum Gasteiger partial charge on any atom is 0.408 e. The minimum Gasteiger partial charge on any atom is -0.450 e. The van der Waals surface area contributed by atoms with Crippen LogP contribution in [0.15, 0.2) is 6.33 Å². The van der Waals surface area contributed by atoms with Crippen molar-refractivity contribution in [2.45, 2.75) is 16.9 Å². The number of amides is 1. The Morgan fingerprint density at radius 1 is 1.50 bits per heavy atom. The predicted octanol–water partition coefficient (Wildman–Crippen LogP) is 2.68. The number of nitrogens with one attached hydrogen (secondary N) is 1. The van der Waals surface area contributed by atoms with Gasteiger partial charge in [0.1, 0.15) is 5.52 Å². The van der Waals surface area contributed by atoms with Crippen LogP contribution in [0.2, 0.25) is 5.28 Å². The smallest absolute Gasteiger partial charge is 0.408 e. The molecular formula is C10H10Cl4N6O2. The molecule has 0 fully saturated rings. The average molecular weight is 388 g/mol. The van der Waals surface area contributed by atoms with Gasteiger partial charge in [-0.25, -0.2) is 9.78 Å². The van der Waals surface area contributed by atoms with Crippen LogP contribution < -0.4 is 11.1 Å². The van der Waals surface area contributed by atoms with Crippen LogP contribution in [0.1, 0.15) is 13.1 Å². The number of carbonyl (C=O) groups excluding carboxylic acids is 1. The molecule has 12 heteroatoms. The van der Waals surface area contributed by atoms with Gasteiger partial charge in [0.15, 0.2) is 17.6 Å². The second kappa shape index (κ2) is 6.49. The Kier molecular flexibility index (Phi) is 5.06. The number of ether oxygens (including phenoxy) is 1. The van der Waals surface area contributed by atoms with Gasteiger partial charge in [-0.3, -0.25) is 9.88 Å². The number of hydrogen-bond acceptors (Lipinski definition) is 6. The molecule has 0 aliphatic heterocycles. The zero-order chi connectivity index (χ0) is 16.5. The number of anilines is 1. The highest BCUT2D eigenvalue weighted by Crippen LogP contribution is 2.38. The number of carbonyl (C=O) groups is 1. The van der Waals surface area contributed by atoms with Gasteiger partial charge in [0.25, 0.3) is 0 Å². The number of alkyl halides is 3. The van der Waals surface area contributed by atoms with E-state index in [0.717, 1.165) is 0 Å². The molecule has 1 unspecified atom stereocenters. The maximum atomic E-state index is 11.6. The van der Waals surface area contributed by atoms with E-state index in [9.17, 15) is 4.79 Å². The monoisotopic (exact) mass is 386 g/mol. The molecule has 2 rings (SSSR count). The molecule has 1 atom stereocenters. The van der Waals surface area contributed by atoms with E-state index < -0.39 is 16.1 Å². The standard InChI is InChI=1S/C10H10Cl4N6O2/c1-2-22-9(21)19-7(10(12,13)14)20-3-16-4-5(15)17-8(11)18-6(4)20/h3,7H,2H2,1H3,(H,19,21)(H2,15,17,18). The van der Waals surface area contributed by atoms with E-state index in [0.29, 0.717) is 0 Å². The second-order valence-corrected chi connectivity index (χ2v) is 6.72. The normalized spacial score (nSPS) is 13.1. The van der Waals surface area contributed by atoms with Crippen molar-refractivity contribution in [1.82, 2.24) is 24.8 Å². The van der Waals surface area contributed by atoms with E-state index in [1.54, 1.807) is 6.92 Å². The van der Waals surface area contributed by atoms with Crippen LogP contribution in [0.3, 0.4) is 0 Å². The van der Waals surface area contributed by atoms with Crippen LogP contribution >= 0.6 is 46.4 Å². The van der Waals surface area contributed by atoms with Crippen LogP contribution in [0.4, 0.5) is 10.6 Å². The number of alkyl carbamates (subject to hydrolysis) is 1. The lowest BCUT2D eigenvalue weighted by Crippen LogP contribution is -2.40. The summed E-state index contributed by atoms with van der Waals surface area (Å²) in [7, 11) is 0. The first-order valence-electron chi connectivity index (χ1n) is 5.89. The Bertz CT molecular complexity index is 701. The summed E-state index contributed by atoms with van der Waals surface area (Å²) in [6.45, 7) is 1.80. The van der Waals surface area contributed by atoms with Crippen molar-refractivity contribution >= 4 is 69.5 Å². The Morgan fingerprint density at radius 2 is 2.18 bits per heavy atom. The quantitative estimate of drug-likeness (QED) is 0.619. The fraction of sp³-hybridized carbons (Fsp3) is 0.400. The van der Waals surface area contributed by atoms with Crippen molar-refractivity contribution < 1.29 is 9.53 Å². The Hall–Kier alpha value is -1.22. The summed E-state index contributed by atoms with van der Waals surface area (Å²) < 4.78 is 4.18. The van der Waals surface area contributed by atoms with Crippen molar-refractivity contribution in [2.24, 2.45) is 0 Å². The molecule has 0 saturated heterocycles. The molecule has 0 aliphatic carbocycles. The largest absolute Gasteiger partial charge is 0.450 e. The Labute approximate surface area is 144 Å². The minimum absolute atomic E-state index is 0.0629. The SMILES string of the molecule is CCOC(=O)NC(n1cnc2c(N)nc(Cl)nc21)C(Cl)(Cl)Cl. The van der Waals surface area contributed by atoms with Crippen LogP contribution in [0.5, 0.6) is 0 Å². The number of nitrogens with two attached hydrogens (primary N) is 1. The van der Waals surface area contributed by atoms with Gasteiger partial charge in [0.05, 0.1) is 12.9 Å². The van der Waals surface area contributed by atoms with Crippen LogP contribution in [-0.2, 0) is 4.74 Å². The molecule has 120 valence electrons. The highest BCUT2D eigenvalue weighted by Gasteiger charge is 2.37.